The van der Waals surface area contributed by atoms with Crippen molar-refractivity contribution in [2.24, 2.45) is 10.2 Å². The quantitative estimate of drug-likeness (QED) is 0.619. The van der Waals surface area contributed by atoms with Gasteiger partial charge >= 0.3 is 5.97 Å². The molecule has 0 unspecified atom stereocenters. The van der Waals surface area contributed by atoms with Crippen LogP contribution >= 0.6 is 11.3 Å². The third-order valence-corrected chi connectivity index (χ3v) is 3.52. The van der Waals surface area contributed by atoms with Crippen LogP contribution in [-0.2, 0) is 11.3 Å². The molecule has 5 nitrogen and oxygen atoms in total. The van der Waals surface area contributed by atoms with Crippen molar-refractivity contribution >= 4 is 22.4 Å². The Morgan fingerprint density at radius 3 is 2.80 bits per heavy atom. The van der Waals surface area contributed by atoms with E-state index in [1.165, 1.54) is 11.3 Å². The van der Waals surface area contributed by atoms with E-state index in [-0.39, 0.29) is 5.97 Å². The fourth-order valence-electron chi connectivity index (χ4n) is 1.57. The number of aryl methyl sites for hydroxylation is 1. The number of carbonyl (C=O) groups excluding carboxylic acids is 1. The third kappa shape index (κ3) is 3.71. The van der Waals surface area contributed by atoms with Gasteiger partial charge in [-0.1, -0.05) is 41.7 Å². The lowest BCUT2D eigenvalue weighted by atomic mass is 10.2. The van der Waals surface area contributed by atoms with E-state index in [1.807, 2.05) is 30.3 Å². The van der Waals surface area contributed by atoms with Gasteiger partial charge in [0.15, 0.2) is 0 Å². The second-order valence-corrected chi connectivity index (χ2v) is 4.99. The number of hydrogen-bond donors (Lipinski definition) is 0. The summed E-state index contributed by atoms with van der Waals surface area (Å²) in [5.41, 5.74) is 1.71. The van der Waals surface area contributed by atoms with Gasteiger partial charge in [0.2, 0.25) is 5.13 Å². The van der Waals surface area contributed by atoms with E-state index in [0.29, 0.717) is 28.9 Å². The molecule has 2 rings (SSSR count). The van der Waals surface area contributed by atoms with Gasteiger partial charge in [-0.2, -0.15) is 5.11 Å². The molecule has 0 amide bonds. The van der Waals surface area contributed by atoms with Gasteiger partial charge < -0.3 is 4.74 Å². The molecule has 20 heavy (non-hydrogen) atoms. The third-order valence-electron chi connectivity index (χ3n) is 2.50. The highest BCUT2D eigenvalue weighted by Crippen LogP contribution is 2.26. The number of thiazole rings is 1. The second-order valence-electron chi connectivity index (χ2n) is 4.02. The molecule has 0 aliphatic heterocycles. The highest BCUT2D eigenvalue weighted by Gasteiger charge is 2.15. The minimum Gasteiger partial charge on any atom is -0.462 e. The van der Waals surface area contributed by atoms with Crippen LogP contribution in [0.15, 0.2) is 40.6 Å². The van der Waals surface area contributed by atoms with Crippen LogP contribution < -0.4 is 0 Å². The summed E-state index contributed by atoms with van der Waals surface area (Å²) in [7, 11) is 0. The normalized spacial score (nSPS) is 10.9. The van der Waals surface area contributed by atoms with E-state index in [0.717, 1.165) is 5.56 Å². The van der Waals surface area contributed by atoms with Crippen molar-refractivity contribution in [2.45, 2.75) is 20.4 Å². The summed E-state index contributed by atoms with van der Waals surface area (Å²) in [6.07, 6.45) is 0. The van der Waals surface area contributed by atoms with E-state index >= 15 is 0 Å². The molecule has 104 valence electrons. The Labute approximate surface area is 121 Å². The van der Waals surface area contributed by atoms with E-state index in [1.54, 1.807) is 13.8 Å². The van der Waals surface area contributed by atoms with Gasteiger partial charge in [0.05, 0.1) is 18.8 Å². The van der Waals surface area contributed by atoms with Crippen molar-refractivity contribution in [3.63, 3.8) is 0 Å². The van der Waals surface area contributed by atoms with Crippen LogP contribution in [0.1, 0.15) is 27.9 Å². The first-order valence-electron chi connectivity index (χ1n) is 6.26. The molecule has 0 saturated carbocycles. The number of esters is 1. The fourth-order valence-corrected chi connectivity index (χ4v) is 2.37. The predicted octanol–water partition coefficient (Wildman–Crippen LogP) is 3.91. The van der Waals surface area contributed by atoms with Gasteiger partial charge in [-0.25, -0.2) is 9.78 Å². The average molecular weight is 289 g/mol. The van der Waals surface area contributed by atoms with Gasteiger partial charge in [-0.05, 0) is 19.4 Å². The lowest BCUT2D eigenvalue weighted by molar-refractivity contribution is 0.0531. The Hall–Kier alpha value is -2.08. The van der Waals surface area contributed by atoms with Crippen molar-refractivity contribution in [1.82, 2.24) is 4.98 Å². The van der Waals surface area contributed by atoms with Gasteiger partial charge in [-0.15, -0.1) is 5.11 Å². The molecule has 6 heteroatoms. The molecule has 0 aliphatic carbocycles. The molecular formula is C14H15N3O2S. The van der Waals surface area contributed by atoms with Crippen LogP contribution in [0, 0.1) is 6.92 Å². The number of rotatable bonds is 5. The molecule has 2 aromatic rings. The Kier molecular flexibility index (Phi) is 4.95. The Balaban J connectivity index is 2.03. The average Bonchev–Trinajstić information content (AvgIpc) is 2.81. The SMILES string of the molecule is CCOC(=O)c1sc(N=NCc2ccccc2)nc1C. The van der Waals surface area contributed by atoms with Gasteiger partial charge in [0.25, 0.3) is 0 Å². The first kappa shape index (κ1) is 14.3. The van der Waals surface area contributed by atoms with Crippen LogP contribution in [0.3, 0.4) is 0 Å². The minimum atomic E-state index is -0.355. The molecule has 0 saturated heterocycles. The first-order valence-corrected chi connectivity index (χ1v) is 7.08. The molecule has 0 bridgehead atoms. The Morgan fingerprint density at radius 1 is 1.35 bits per heavy atom. The van der Waals surface area contributed by atoms with E-state index in [9.17, 15) is 4.79 Å². The summed E-state index contributed by atoms with van der Waals surface area (Å²) in [6.45, 7) is 4.38. The monoisotopic (exact) mass is 289 g/mol. The number of hydrogen-bond acceptors (Lipinski definition) is 6. The van der Waals surface area contributed by atoms with Gasteiger partial charge in [-0.3, -0.25) is 0 Å². The molecule has 1 heterocycles. The molecule has 1 aromatic carbocycles. The summed E-state index contributed by atoms with van der Waals surface area (Å²) in [5, 5.41) is 8.62. The highest BCUT2D eigenvalue weighted by atomic mass is 32.1. The Morgan fingerprint density at radius 2 is 2.10 bits per heavy atom. The summed E-state index contributed by atoms with van der Waals surface area (Å²) < 4.78 is 4.96. The maximum atomic E-state index is 11.7. The number of benzene rings is 1. The molecule has 0 fully saturated rings. The number of ether oxygens (including phenoxy) is 1. The molecule has 1 aromatic heterocycles. The summed E-state index contributed by atoms with van der Waals surface area (Å²) in [6, 6.07) is 9.83. The number of nitrogens with zero attached hydrogens (tertiary/aromatic N) is 3. The molecule has 0 radical (unpaired) electrons. The number of aromatic nitrogens is 1. The van der Waals surface area contributed by atoms with Gasteiger partial charge in [0.1, 0.15) is 4.88 Å². The van der Waals surface area contributed by atoms with Crippen LogP contribution in [0.4, 0.5) is 5.13 Å². The van der Waals surface area contributed by atoms with Gasteiger partial charge in [0, 0.05) is 0 Å². The molecule has 0 aliphatic rings. The molecule has 0 spiro atoms. The zero-order chi connectivity index (χ0) is 14.4. The maximum Gasteiger partial charge on any atom is 0.350 e. The topological polar surface area (TPSA) is 63.9 Å². The zero-order valence-corrected chi connectivity index (χ0v) is 12.2. The number of azo groups is 1. The number of carbonyl (C=O) groups is 1. The van der Waals surface area contributed by atoms with E-state index in [4.69, 9.17) is 4.74 Å². The summed E-state index contributed by atoms with van der Waals surface area (Å²) >= 11 is 1.20. The standard InChI is InChI=1S/C14H15N3O2S/c1-3-19-13(18)12-10(2)16-14(20-12)17-15-9-11-7-5-4-6-8-11/h4-8H,3,9H2,1-2H3. The lowest BCUT2D eigenvalue weighted by Gasteiger charge is -1.97. The van der Waals surface area contributed by atoms with Crippen LogP contribution in [-0.4, -0.2) is 17.6 Å². The molecular weight excluding hydrogens is 274 g/mol. The Bertz CT molecular complexity index is 608. The van der Waals surface area contributed by atoms with E-state index in [2.05, 4.69) is 15.2 Å². The van der Waals surface area contributed by atoms with Crippen molar-refractivity contribution < 1.29 is 9.53 Å². The van der Waals surface area contributed by atoms with Crippen molar-refractivity contribution in [3.05, 3.63) is 46.5 Å². The largest absolute Gasteiger partial charge is 0.462 e. The highest BCUT2D eigenvalue weighted by molar-refractivity contribution is 7.17. The smallest absolute Gasteiger partial charge is 0.350 e. The van der Waals surface area contributed by atoms with Crippen LogP contribution in [0.25, 0.3) is 0 Å². The maximum absolute atomic E-state index is 11.7. The van der Waals surface area contributed by atoms with E-state index < -0.39 is 0 Å². The summed E-state index contributed by atoms with van der Waals surface area (Å²) in [5.74, 6) is -0.355. The van der Waals surface area contributed by atoms with Crippen LogP contribution in [0.5, 0.6) is 0 Å². The van der Waals surface area contributed by atoms with Crippen molar-refractivity contribution in [3.8, 4) is 0 Å². The van der Waals surface area contributed by atoms with Crippen LogP contribution in [0.2, 0.25) is 0 Å². The van der Waals surface area contributed by atoms with Crippen molar-refractivity contribution in [2.75, 3.05) is 6.61 Å². The molecule has 0 N–H and O–H groups in total. The first-order chi connectivity index (χ1) is 9.70. The fraction of sp³-hybridized carbons (Fsp3) is 0.286. The predicted molar refractivity (Wildman–Crippen MR) is 77.5 cm³/mol. The lowest BCUT2D eigenvalue weighted by Crippen LogP contribution is -2.03. The minimum absolute atomic E-state index is 0.348. The molecule has 0 atom stereocenters. The zero-order valence-electron chi connectivity index (χ0n) is 11.4. The second kappa shape index (κ2) is 6.91. The summed E-state index contributed by atoms with van der Waals surface area (Å²) in [4.78, 5) is 16.3. The van der Waals surface area contributed by atoms with Crippen molar-refractivity contribution in [1.29, 1.82) is 0 Å².